The van der Waals surface area contributed by atoms with Gasteiger partial charge in [0.1, 0.15) is 12.2 Å². The Kier molecular flexibility index (Phi) is 2.93. The molecule has 2 rings (SSSR count). The Morgan fingerprint density at radius 2 is 1.47 bits per heavy atom. The first-order chi connectivity index (χ1) is 7.20. The topological polar surface area (TPSA) is 52.6 Å². The van der Waals surface area contributed by atoms with Crippen molar-refractivity contribution >= 4 is 11.9 Å². The second-order valence-corrected chi connectivity index (χ2v) is 4.23. The largest absolute Gasteiger partial charge is 0.462 e. The van der Waals surface area contributed by atoms with E-state index in [-0.39, 0.29) is 12.2 Å². The van der Waals surface area contributed by atoms with Gasteiger partial charge in [-0.15, -0.1) is 0 Å². The second kappa shape index (κ2) is 4.21. The van der Waals surface area contributed by atoms with Gasteiger partial charge in [0.15, 0.2) is 5.92 Å². The number of carbonyl (C=O) groups is 2. The van der Waals surface area contributed by atoms with Crippen LogP contribution in [0.15, 0.2) is 0 Å². The van der Waals surface area contributed by atoms with Gasteiger partial charge >= 0.3 is 11.9 Å². The molecule has 0 heterocycles. The van der Waals surface area contributed by atoms with Crippen molar-refractivity contribution in [3.8, 4) is 0 Å². The van der Waals surface area contributed by atoms with E-state index < -0.39 is 17.9 Å². The molecule has 0 aliphatic heterocycles. The first-order valence-corrected chi connectivity index (χ1v) is 5.61. The van der Waals surface area contributed by atoms with Crippen LogP contribution in [0.4, 0.5) is 0 Å². The monoisotopic (exact) mass is 212 g/mol. The molecule has 0 saturated heterocycles. The minimum Gasteiger partial charge on any atom is -0.462 e. The predicted molar refractivity (Wildman–Crippen MR) is 52.0 cm³/mol. The fourth-order valence-corrected chi connectivity index (χ4v) is 1.29. The molecule has 15 heavy (non-hydrogen) atoms. The number of hydrogen-bond donors (Lipinski definition) is 0. The zero-order chi connectivity index (χ0) is 10.8. The Morgan fingerprint density at radius 1 is 1.07 bits per heavy atom. The van der Waals surface area contributed by atoms with Gasteiger partial charge in [0.2, 0.25) is 0 Å². The first-order valence-electron chi connectivity index (χ1n) is 5.61. The lowest BCUT2D eigenvalue weighted by Crippen LogP contribution is -2.28. The van der Waals surface area contributed by atoms with Gasteiger partial charge in [0.05, 0.1) is 0 Å². The zero-order valence-corrected chi connectivity index (χ0v) is 8.90. The van der Waals surface area contributed by atoms with Gasteiger partial charge in [0.25, 0.3) is 0 Å². The van der Waals surface area contributed by atoms with E-state index in [1.807, 2.05) is 0 Å². The van der Waals surface area contributed by atoms with Crippen LogP contribution >= 0.6 is 0 Å². The highest BCUT2D eigenvalue weighted by Crippen LogP contribution is 2.28. The third kappa shape index (κ3) is 2.94. The van der Waals surface area contributed by atoms with Crippen molar-refractivity contribution in [1.82, 2.24) is 0 Å². The summed E-state index contributed by atoms with van der Waals surface area (Å²) in [6.45, 7) is 1.80. The summed E-state index contributed by atoms with van der Waals surface area (Å²) in [6.07, 6.45) is 4.29. The van der Waals surface area contributed by atoms with Gasteiger partial charge in [0, 0.05) is 0 Å². The second-order valence-electron chi connectivity index (χ2n) is 4.23. The molecule has 0 aromatic heterocycles. The maximum absolute atomic E-state index is 11.5. The normalized spacial score (nSPS) is 20.1. The fourth-order valence-electron chi connectivity index (χ4n) is 1.29. The van der Waals surface area contributed by atoms with Crippen molar-refractivity contribution in [2.24, 2.45) is 5.92 Å². The molecule has 0 radical (unpaired) electrons. The highest BCUT2D eigenvalue weighted by Gasteiger charge is 2.36. The Balaban J connectivity index is 1.82. The molecule has 4 nitrogen and oxygen atoms in total. The number of ether oxygens (including phenoxy) is 2. The summed E-state index contributed by atoms with van der Waals surface area (Å²) in [5.41, 5.74) is 0. The lowest BCUT2D eigenvalue weighted by Gasteiger charge is -2.12. The molecule has 0 unspecified atom stereocenters. The van der Waals surface area contributed by atoms with Gasteiger partial charge in [-0.05, 0) is 32.1 Å². The molecule has 2 saturated carbocycles. The summed E-state index contributed by atoms with van der Waals surface area (Å²) in [4.78, 5) is 23.1. The van der Waals surface area contributed by atoms with Crippen LogP contribution in [0.2, 0.25) is 0 Å². The Bertz CT molecular complexity index is 240. The molecule has 2 aliphatic rings. The van der Waals surface area contributed by atoms with E-state index in [4.69, 9.17) is 9.47 Å². The molecule has 0 aromatic rings. The van der Waals surface area contributed by atoms with Crippen molar-refractivity contribution < 1.29 is 19.1 Å². The van der Waals surface area contributed by atoms with Crippen LogP contribution in [-0.2, 0) is 19.1 Å². The van der Waals surface area contributed by atoms with Gasteiger partial charge in [-0.2, -0.15) is 0 Å². The third-order valence-electron chi connectivity index (χ3n) is 2.59. The van der Waals surface area contributed by atoms with Crippen molar-refractivity contribution in [1.29, 1.82) is 0 Å². The maximum atomic E-state index is 11.5. The average Bonchev–Trinajstić information content (AvgIpc) is 3.00. The number of esters is 2. The molecule has 2 fully saturated rings. The van der Waals surface area contributed by atoms with Crippen LogP contribution in [0.5, 0.6) is 0 Å². The number of carbonyl (C=O) groups excluding carboxylic acids is 2. The molecule has 0 aromatic carbocycles. The highest BCUT2D eigenvalue weighted by atomic mass is 16.6. The van der Waals surface area contributed by atoms with E-state index in [0.717, 1.165) is 25.7 Å². The molecule has 4 heteroatoms. The van der Waals surface area contributed by atoms with Gasteiger partial charge in [-0.25, -0.2) is 0 Å². The van der Waals surface area contributed by atoms with Crippen LogP contribution in [0, 0.1) is 5.92 Å². The van der Waals surface area contributed by atoms with Crippen LogP contribution in [0.3, 0.4) is 0 Å². The smallest absolute Gasteiger partial charge is 0.320 e. The molecular weight excluding hydrogens is 196 g/mol. The molecule has 0 spiro atoms. The van der Waals surface area contributed by atoms with Gasteiger partial charge in [-0.1, -0.05) is 6.92 Å². The first kappa shape index (κ1) is 10.5. The van der Waals surface area contributed by atoms with Crippen LogP contribution < -0.4 is 0 Å². The molecular formula is C11H16O4. The van der Waals surface area contributed by atoms with Crippen molar-refractivity contribution in [3.63, 3.8) is 0 Å². The Labute approximate surface area is 88.9 Å². The highest BCUT2D eigenvalue weighted by molar-refractivity contribution is 5.95. The van der Waals surface area contributed by atoms with Crippen LogP contribution in [0.25, 0.3) is 0 Å². The molecule has 0 bridgehead atoms. The van der Waals surface area contributed by atoms with Gasteiger partial charge < -0.3 is 9.47 Å². The summed E-state index contributed by atoms with van der Waals surface area (Å²) in [5.74, 6) is -1.54. The third-order valence-corrected chi connectivity index (χ3v) is 2.59. The SMILES string of the molecule is CCC(C(=O)OC1CC1)C(=O)OC1CC1. The fraction of sp³-hybridized carbons (Fsp3) is 0.818. The van der Waals surface area contributed by atoms with E-state index >= 15 is 0 Å². The summed E-state index contributed by atoms with van der Waals surface area (Å²) < 4.78 is 10.2. The van der Waals surface area contributed by atoms with E-state index in [1.54, 1.807) is 6.92 Å². The zero-order valence-electron chi connectivity index (χ0n) is 8.90. The van der Waals surface area contributed by atoms with Crippen molar-refractivity contribution in [3.05, 3.63) is 0 Å². The van der Waals surface area contributed by atoms with E-state index in [2.05, 4.69) is 0 Å². The lowest BCUT2D eigenvalue weighted by molar-refractivity contribution is -0.163. The quantitative estimate of drug-likeness (QED) is 0.511. The summed E-state index contributed by atoms with van der Waals surface area (Å²) >= 11 is 0. The molecule has 2 aliphatic carbocycles. The standard InChI is InChI=1S/C11H16O4/c1-2-9(10(12)14-7-3-4-7)11(13)15-8-5-6-8/h7-9H,2-6H2,1H3. The Morgan fingerprint density at radius 3 is 1.73 bits per heavy atom. The minimum atomic E-state index is -0.716. The van der Waals surface area contributed by atoms with Crippen molar-refractivity contribution in [2.75, 3.05) is 0 Å². The lowest BCUT2D eigenvalue weighted by atomic mass is 10.1. The van der Waals surface area contributed by atoms with Crippen LogP contribution in [-0.4, -0.2) is 24.1 Å². The van der Waals surface area contributed by atoms with E-state index in [1.165, 1.54) is 0 Å². The van der Waals surface area contributed by atoms with Gasteiger partial charge in [-0.3, -0.25) is 9.59 Å². The summed E-state index contributed by atoms with van der Waals surface area (Å²) in [5, 5.41) is 0. The summed E-state index contributed by atoms with van der Waals surface area (Å²) in [7, 11) is 0. The molecule has 0 atom stereocenters. The predicted octanol–water partition coefficient (Wildman–Crippen LogP) is 1.42. The maximum Gasteiger partial charge on any atom is 0.320 e. The number of rotatable bonds is 5. The number of hydrogen-bond acceptors (Lipinski definition) is 4. The Hall–Kier alpha value is -1.06. The van der Waals surface area contributed by atoms with E-state index in [0.29, 0.717) is 6.42 Å². The van der Waals surface area contributed by atoms with Crippen molar-refractivity contribution in [2.45, 2.75) is 51.2 Å². The molecule has 0 N–H and O–H groups in total. The molecule has 84 valence electrons. The average molecular weight is 212 g/mol. The van der Waals surface area contributed by atoms with E-state index in [9.17, 15) is 9.59 Å². The minimum absolute atomic E-state index is 0.0558. The van der Waals surface area contributed by atoms with Crippen LogP contribution in [0.1, 0.15) is 39.0 Å². The molecule has 0 amide bonds. The summed E-state index contributed by atoms with van der Waals surface area (Å²) in [6, 6.07) is 0.